The number of para-hydroxylation sites is 2. The number of amides is 1. The molecule has 0 atom stereocenters. The third kappa shape index (κ3) is 3.73. The highest BCUT2D eigenvalue weighted by atomic mass is 32.1. The van der Waals surface area contributed by atoms with Crippen molar-refractivity contribution < 1.29 is 18.0 Å². The molecule has 34 heavy (non-hydrogen) atoms. The number of aryl methyl sites for hydroxylation is 1. The third-order valence-corrected chi connectivity index (χ3v) is 6.32. The first-order chi connectivity index (χ1) is 16.2. The third-order valence-electron chi connectivity index (χ3n) is 5.31. The largest absolute Gasteiger partial charge is 0.449 e. The lowest BCUT2D eigenvalue weighted by molar-refractivity contribution is -0.147. The van der Waals surface area contributed by atoms with Crippen molar-refractivity contribution in [2.75, 3.05) is 5.43 Å². The molecule has 3 heterocycles. The second-order valence-electron chi connectivity index (χ2n) is 7.54. The summed E-state index contributed by atoms with van der Waals surface area (Å²) in [6, 6.07) is 15.3. The molecule has 3 aromatic heterocycles. The number of carbonyl (C=O) groups is 1. The lowest BCUT2D eigenvalue weighted by Gasteiger charge is -2.12. The zero-order valence-electron chi connectivity index (χ0n) is 17.6. The lowest BCUT2D eigenvalue weighted by atomic mass is 10.0. The number of aromatic nitrogens is 4. The van der Waals surface area contributed by atoms with Crippen LogP contribution < -0.4 is 11.0 Å². The number of hydrogen-bond acceptors (Lipinski definition) is 5. The Morgan fingerprint density at radius 1 is 1.09 bits per heavy atom. The van der Waals surface area contributed by atoms with Crippen molar-refractivity contribution >= 4 is 38.5 Å². The Bertz CT molecular complexity index is 1600. The highest BCUT2D eigenvalue weighted by Crippen LogP contribution is 2.35. The second-order valence-corrected chi connectivity index (χ2v) is 8.75. The van der Waals surface area contributed by atoms with E-state index in [1.54, 1.807) is 12.1 Å². The molecule has 7 nitrogen and oxygen atoms in total. The van der Waals surface area contributed by atoms with Crippen LogP contribution in [0.4, 0.5) is 13.2 Å². The number of nitrogens with zero attached hydrogens (tertiary/aromatic N) is 4. The van der Waals surface area contributed by atoms with Crippen LogP contribution in [0.3, 0.4) is 0 Å². The molecule has 5 aromatic rings. The number of nitrogens with one attached hydrogen (secondary N) is 1. The fourth-order valence-electron chi connectivity index (χ4n) is 3.90. The van der Waals surface area contributed by atoms with Crippen molar-refractivity contribution in [3.63, 3.8) is 0 Å². The average molecular weight is 483 g/mol. The molecule has 0 saturated heterocycles. The monoisotopic (exact) mass is 483 g/mol. The van der Waals surface area contributed by atoms with E-state index in [4.69, 9.17) is 0 Å². The Balaban J connectivity index is 1.52. The van der Waals surface area contributed by atoms with E-state index in [2.05, 4.69) is 15.4 Å². The van der Waals surface area contributed by atoms with E-state index in [0.717, 1.165) is 26.0 Å². The van der Waals surface area contributed by atoms with E-state index in [9.17, 15) is 22.8 Å². The Morgan fingerprint density at radius 3 is 2.53 bits per heavy atom. The lowest BCUT2D eigenvalue weighted by Crippen LogP contribution is -2.35. The van der Waals surface area contributed by atoms with Crippen molar-refractivity contribution in [3.05, 3.63) is 82.0 Å². The van der Waals surface area contributed by atoms with Gasteiger partial charge in [0.15, 0.2) is 0 Å². The summed E-state index contributed by atoms with van der Waals surface area (Å²) >= 11 is 1.35. The van der Waals surface area contributed by atoms with Gasteiger partial charge in [-0.2, -0.15) is 13.2 Å². The number of fused-ring (bicyclic) bond motifs is 2. The summed E-state index contributed by atoms with van der Waals surface area (Å²) in [6.07, 6.45) is -3.60. The summed E-state index contributed by atoms with van der Waals surface area (Å²) in [5, 5.41) is 0.334. The maximum Gasteiger partial charge on any atom is 0.449 e. The maximum atomic E-state index is 13.5. The van der Waals surface area contributed by atoms with Crippen LogP contribution in [-0.4, -0.2) is 25.1 Å². The van der Waals surface area contributed by atoms with Gasteiger partial charge in [-0.05, 0) is 24.6 Å². The summed E-state index contributed by atoms with van der Waals surface area (Å²) in [5.74, 6) is -2.02. The van der Waals surface area contributed by atoms with Gasteiger partial charge in [0, 0.05) is 10.4 Å². The van der Waals surface area contributed by atoms with E-state index in [1.165, 1.54) is 23.5 Å². The van der Waals surface area contributed by atoms with Crippen molar-refractivity contribution in [2.24, 2.45) is 0 Å². The van der Waals surface area contributed by atoms with Gasteiger partial charge in [-0.15, -0.1) is 11.3 Å². The molecule has 0 bridgehead atoms. The minimum atomic E-state index is -4.75. The topological polar surface area (TPSA) is 81.8 Å². The van der Waals surface area contributed by atoms with Crippen molar-refractivity contribution in [1.82, 2.24) is 19.2 Å². The first-order valence-corrected chi connectivity index (χ1v) is 10.9. The summed E-state index contributed by atoms with van der Waals surface area (Å²) in [5.41, 5.74) is 3.65. The van der Waals surface area contributed by atoms with Crippen LogP contribution in [-0.2, 0) is 17.5 Å². The van der Waals surface area contributed by atoms with Crippen LogP contribution in [0.1, 0.15) is 10.7 Å². The van der Waals surface area contributed by atoms with Crippen molar-refractivity contribution in [1.29, 1.82) is 0 Å². The van der Waals surface area contributed by atoms with Gasteiger partial charge in [-0.3, -0.25) is 15.0 Å². The highest BCUT2D eigenvalue weighted by molar-refractivity contribution is 7.19. The molecule has 0 aliphatic heterocycles. The molecule has 0 spiro atoms. The van der Waals surface area contributed by atoms with Crippen LogP contribution in [0.15, 0.2) is 65.7 Å². The SMILES string of the molecule is Cc1sc2ncn(NC(=O)Cn3c(C(F)(F)F)nc4ccccc43)c(=O)c2c1-c1ccccc1. The van der Waals surface area contributed by atoms with E-state index in [-0.39, 0.29) is 11.0 Å². The van der Waals surface area contributed by atoms with Gasteiger partial charge < -0.3 is 4.57 Å². The maximum absolute atomic E-state index is 13.5. The first kappa shape index (κ1) is 21.8. The van der Waals surface area contributed by atoms with E-state index in [0.29, 0.717) is 15.8 Å². The van der Waals surface area contributed by atoms with Gasteiger partial charge in [-0.1, -0.05) is 42.5 Å². The van der Waals surface area contributed by atoms with E-state index < -0.39 is 30.0 Å². The van der Waals surface area contributed by atoms with Gasteiger partial charge in [0.1, 0.15) is 17.7 Å². The molecule has 0 radical (unpaired) electrons. The molecule has 0 fully saturated rings. The number of alkyl halides is 3. The molecule has 1 N–H and O–H groups in total. The number of halogens is 3. The van der Waals surface area contributed by atoms with Crippen LogP contribution in [0.5, 0.6) is 0 Å². The first-order valence-electron chi connectivity index (χ1n) is 10.1. The summed E-state index contributed by atoms with van der Waals surface area (Å²) in [7, 11) is 0. The molecule has 0 saturated carbocycles. The molecule has 1 amide bonds. The van der Waals surface area contributed by atoms with E-state index in [1.807, 2.05) is 37.3 Å². The molecular weight excluding hydrogens is 467 g/mol. The van der Waals surface area contributed by atoms with Gasteiger partial charge in [0.2, 0.25) is 5.82 Å². The number of carbonyl (C=O) groups excluding carboxylic acids is 1. The number of imidazole rings is 1. The standard InChI is InChI=1S/C23H16F3N5O2S/c1-13-18(14-7-3-2-4-8-14)19-20(34-13)27-12-31(21(19)33)29-17(32)11-30-16-10-6-5-9-15(16)28-22(30)23(24,25)26/h2-10,12H,11H2,1H3,(H,29,32). The summed E-state index contributed by atoms with van der Waals surface area (Å²) in [6.45, 7) is 1.19. The van der Waals surface area contributed by atoms with Crippen molar-refractivity contribution in [3.8, 4) is 11.1 Å². The molecule has 0 unspecified atom stereocenters. The molecule has 2 aromatic carbocycles. The van der Waals surface area contributed by atoms with Crippen molar-refractivity contribution in [2.45, 2.75) is 19.6 Å². The molecule has 0 aliphatic carbocycles. The molecule has 11 heteroatoms. The predicted molar refractivity (Wildman–Crippen MR) is 123 cm³/mol. The average Bonchev–Trinajstić information content (AvgIpc) is 3.34. The predicted octanol–water partition coefficient (Wildman–Crippen LogP) is 4.57. The number of thiophene rings is 1. The fraction of sp³-hybridized carbons (Fsp3) is 0.130. The van der Waals surface area contributed by atoms with Crippen LogP contribution >= 0.6 is 11.3 Å². The number of rotatable bonds is 4. The Labute approximate surface area is 194 Å². The Morgan fingerprint density at radius 2 is 1.79 bits per heavy atom. The second kappa shape index (κ2) is 8.10. The zero-order valence-corrected chi connectivity index (χ0v) is 18.4. The smallest absolute Gasteiger partial charge is 0.311 e. The van der Waals surface area contributed by atoms with Gasteiger partial charge in [0.25, 0.3) is 11.5 Å². The van der Waals surface area contributed by atoms with Crippen LogP contribution in [0.2, 0.25) is 0 Å². The molecular formula is C23H16F3N5O2S. The minimum Gasteiger partial charge on any atom is -0.311 e. The normalized spacial score (nSPS) is 11.9. The zero-order chi connectivity index (χ0) is 24.0. The highest BCUT2D eigenvalue weighted by Gasteiger charge is 2.38. The molecule has 0 aliphatic rings. The molecule has 172 valence electrons. The van der Waals surface area contributed by atoms with Gasteiger partial charge in [0.05, 0.1) is 16.4 Å². The van der Waals surface area contributed by atoms with Crippen LogP contribution in [0.25, 0.3) is 32.4 Å². The summed E-state index contributed by atoms with van der Waals surface area (Å²) in [4.78, 5) is 35.3. The number of benzene rings is 2. The Hall–Kier alpha value is -3.99. The van der Waals surface area contributed by atoms with Gasteiger partial charge in [-0.25, -0.2) is 14.6 Å². The quantitative estimate of drug-likeness (QED) is 0.406. The fourth-order valence-corrected chi connectivity index (χ4v) is 4.90. The minimum absolute atomic E-state index is 0.115. The van der Waals surface area contributed by atoms with Crippen LogP contribution in [0, 0.1) is 6.92 Å². The summed E-state index contributed by atoms with van der Waals surface area (Å²) < 4.78 is 42.3. The number of hydrogen-bond donors (Lipinski definition) is 1. The molecule has 5 rings (SSSR count). The Kier molecular flexibility index (Phi) is 5.20. The van der Waals surface area contributed by atoms with Gasteiger partial charge >= 0.3 is 6.18 Å². The van der Waals surface area contributed by atoms with E-state index >= 15 is 0 Å².